The van der Waals surface area contributed by atoms with E-state index in [2.05, 4.69) is 10.3 Å². The maximum Gasteiger partial charge on any atom is 0.330 e. The smallest absolute Gasteiger partial charge is 0.330 e. The first-order valence-electron chi connectivity index (χ1n) is 7.19. The number of carboxylic acids is 1. The lowest BCUT2D eigenvalue weighted by atomic mass is 9.95. The van der Waals surface area contributed by atoms with E-state index < -0.39 is 22.7 Å². The lowest BCUT2D eigenvalue weighted by Gasteiger charge is -2.16. The normalized spacial score (nSPS) is 21.7. The van der Waals surface area contributed by atoms with E-state index in [1.807, 2.05) is 0 Å². The summed E-state index contributed by atoms with van der Waals surface area (Å²) < 4.78 is 1.39. The zero-order valence-electron chi connectivity index (χ0n) is 12.8. The molecule has 3 N–H and O–H groups in total. The molecule has 0 saturated heterocycles. The maximum absolute atomic E-state index is 12.5. The van der Waals surface area contributed by atoms with Gasteiger partial charge in [-0.3, -0.25) is 14.2 Å². The Bertz CT molecular complexity index is 849. The topological polar surface area (TPSA) is 104 Å². The second kappa shape index (κ2) is 4.84. The minimum absolute atomic E-state index is 0.293. The molecule has 1 aromatic heterocycles. The summed E-state index contributed by atoms with van der Waals surface area (Å²) in [4.78, 5) is 38.1. The summed E-state index contributed by atoms with van der Waals surface area (Å²) in [6.45, 7) is 3.52. The molecule has 0 bridgehead atoms. The lowest BCUT2D eigenvalue weighted by Crippen LogP contribution is -2.35. The second-order valence-electron chi connectivity index (χ2n) is 6.41. The third kappa shape index (κ3) is 2.25. The number of imidazole rings is 1. The molecule has 1 unspecified atom stereocenters. The fourth-order valence-corrected chi connectivity index (χ4v) is 2.96. The Morgan fingerprint density at radius 3 is 2.57 bits per heavy atom. The quantitative estimate of drug-likeness (QED) is 0.745. The Morgan fingerprint density at radius 2 is 2.04 bits per heavy atom. The first-order chi connectivity index (χ1) is 10.8. The van der Waals surface area contributed by atoms with Crippen molar-refractivity contribution in [2.24, 2.45) is 10.8 Å². The van der Waals surface area contributed by atoms with E-state index in [1.165, 1.54) is 10.8 Å². The minimum Gasteiger partial charge on any atom is -0.480 e. The van der Waals surface area contributed by atoms with Crippen LogP contribution < -0.4 is 11.0 Å². The van der Waals surface area contributed by atoms with Gasteiger partial charge in [-0.2, -0.15) is 0 Å². The molecule has 1 aliphatic rings. The molecular weight excluding hydrogens is 298 g/mol. The van der Waals surface area contributed by atoms with Gasteiger partial charge in [0.25, 0.3) is 0 Å². The molecule has 1 aromatic carbocycles. The maximum atomic E-state index is 12.5. The number of aliphatic carboxylic acids is 1. The van der Waals surface area contributed by atoms with Gasteiger partial charge in [-0.05, 0) is 30.0 Å². The van der Waals surface area contributed by atoms with Crippen LogP contribution in [-0.4, -0.2) is 26.5 Å². The molecule has 1 saturated carbocycles. The second-order valence-corrected chi connectivity index (χ2v) is 6.41. The first kappa shape index (κ1) is 15.1. The average molecular weight is 315 g/mol. The number of amides is 1. The summed E-state index contributed by atoms with van der Waals surface area (Å²) >= 11 is 0. The van der Waals surface area contributed by atoms with Crippen LogP contribution >= 0.6 is 0 Å². The zero-order chi connectivity index (χ0) is 16.8. The van der Waals surface area contributed by atoms with Gasteiger partial charge >= 0.3 is 11.7 Å². The Kier molecular flexibility index (Phi) is 3.17. The summed E-state index contributed by atoms with van der Waals surface area (Å²) in [6.07, 6.45) is 3.39. The van der Waals surface area contributed by atoms with Crippen LogP contribution in [0.4, 0.5) is 5.69 Å². The van der Waals surface area contributed by atoms with Gasteiger partial charge in [-0.1, -0.05) is 19.9 Å². The molecule has 0 aliphatic heterocycles. The van der Waals surface area contributed by atoms with E-state index in [0.717, 1.165) is 0 Å². The minimum atomic E-state index is -1.39. The van der Waals surface area contributed by atoms with Crippen molar-refractivity contribution in [3.8, 4) is 5.69 Å². The van der Waals surface area contributed by atoms with Gasteiger partial charge in [0.1, 0.15) is 0 Å². The molecule has 7 heteroatoms. The van der Waals surface area contributed by atoms with E-state index in [1.54, 1.807) is 44.3 Å². The molecule has 3 rings (SSSR count). The number of carbonyl (C=O) groups excluding carboxylic acids is 1. The van der Waals surface area contributed by atoms with E-state index in [9.17, 15) is 19.5 Å². The van der Waals surface area contributed by atoms with E-state index >= 15 is 0 Å². The number of nitrogens with one attached hydrogen (secondary N) is 2. The molecule has 0 radical (unpaired) electrons. The van der Waals surface area contributed by atoms with Crippen molar-refractivity contribution in [3.05, 3.63) is 47.1 Å². The summed E-state index contributed by atoms with van der Waals surface area (Å²) in [5.74, 6) is -1.65. The van der Waals surface area contributed by atoms with E-state index in [-0.39, 0.29) is 5.69 Å². The van der Waals surface area contributed by atoms with Crippen molar-refractivity contribution in [1.29, 1.82) is 0 Å². The van der Waals surface area contributed by atoms with Crippen LogP contribution in [0.15, 0.2) is 41.5 Å². The molecule has 0 spiro atoms. The van der Waals surface area contributed by atoms with Crippen LogP contribution in [0.5, 0.6) is 0 Å². The van der Waals surface area contributed by atoms with Crippen LogP contribution in [0.2, 0.25) is 0 Å². The molecule has 1 atom stereocenters. The van der Waals surface area contributed by atoms with Crippen molar-refractivity contribution < 1.29 is 14.7 Å². The number of hydrogen-bond donors (Lipinski definition) is 3. The molecule has 2 aromatic rings. The molecule has 1 heterocycles. The number of H-pyrrole nitrogens is 1. The highest BCUT2D eigenvalue weighted by atomic mass is 16.4. The monoisotopic (exact) mass is 315 g/mol. The van der Waals surface area contributed by atoms with Gasteiger partial charge in [-0.15, -0.1) is 0 Å². The lowest BCUT2D eigenvalue weighted by molar-refractivity contribution is -0.149. The summed E-state index contributed by atoms with van der Waals surface area (Å²) in [7, 11) is 0. The van der Waals surface area contributed by atoms with Gasteiger partial charge in [0, 0.05) is 18.1 Å². The number of aromatic nitrogens is 2. The predicted molar refractivity (Wildman–Crippen MR) is 83.5 cm³/mol. The number of hydrogen-bond acceptors (Lipinski definition) is 3. The van der Waals surface area contributed by atoms with Gasteiger partial charge in [-0.25, -0.2) is 4.79 Å². The summed E-state index contributed by atoms with van der Waals surface area (Å²) in [5, 5.41) is 12.1. The third-order valence-electron chi connectivity index (χ3n) is 4.52. The predicted octanol–water partition coefficient (Wildman–Crippen LogP) is 1.60. The number of carboxylic acid groups (broad SMARTS) is 1. The molecule has 120 valence electrons. The summed E-state index contributed by atoms with van der Waals surface area (Å²) in [6, 6.07) is 6.69. The Hall–Kier alpha value is -2.83. The fraction of sp³-hybridized carbons (Fsp3) is 0.312. The van der Waals surface area contributed by atoms with Crippen LogP contribution in [0.1, 0.15) is 20.3 Å². The molecule has 23 heavy (non-hydrogen) atoms. The van der Waals surface area contributed by atoms with Crippen molar-refractivity contribution in [3.63, 3.8) is 0 Å². The van der Waals surface area contributed by atoms with Gasteiger partial charge in [0.05, 0.1) is 5.69 Å². The summed E-state index contributed by atoms with van der Waals surface area (Å²) in [5.41, 5.74) is -1.23. The molecule has 1 fully saturated rings. The number of benzene rings is 1. The highest BCUT2D eigenvalue weighted by Crippen LogP contribution is 2.64. The SMILES string of the molecule is CC1(C)CC1(C(=O)O)C(=O)Nc1cccc(-n2cc[nH]c2=O)c1. The largest absolute Gasteiger partial charge is 0.480 e. The molecule has 1 amide bonds. The van der Waals surface area contributed by atoms with Gasteiger partial charge in [0.2, 0.25) is 5.91 Å². The highest BCUT2D eigenvalue weighted by molar-refractivity contribution is 6.12. The number of nitrogens with zero attached hydrogens (tertiary/aromatic N) is 1. The average Bonchev–Trinajstić information content (AvgIpc) is 2.85. The third-order valence-corrected chi connectivity index (χ3v) is 4.52. The number of rotatable bonds is 4. The zero-order valence-corrected chi connectivity index (χ0v) is 12.8. The van der Waals surface area contributed by atoms with E-state index in [0.29, 0.717) is 17.8 Å². The molecular formula is C16H17N3O4. The molecule has 7 nitrogen and oxygen atoms in total. The Morgan fingerprint density at radius 1 is 1.35 bits per heavy atom. The van der Waals surface area contributed by atoms with E-state index in [4.69, 9.17) is 0 Å². The molecule has 1 aliphatic carbocycles. The van der Waals surface area contributed by atoms with Crippen molar-refractivity contribution in [2.45, 2.75) is 20.3 Å². The van der Waals surface area contributed by atoms with Crippen molar-refractivity contribution in [1.82, 2.24) is 9.55 Å². The number of anilines is 1. The van der Waals surface area contributed by atoms with Crippen molar-refractivity contribution >= 4 is 17.6 Å². The standard InChI is InChI=1S/C16H17N3O4/c1-15(2)9-16(15,13(21)22)12(20)18-10-4-3-5-11(8-10)19-7-6-17-14(19)23/h3-8H,9H2,1-2H3,(H,17,23)(H,18,20)(H,21,22). The highest BCUT2D eigenvalue weighted by Gasteiger charge is 2.72. The Labute approximate surface area is 132 Å². The van der Waals surface area contributed by atoms with Crippen LogP contribution in [0.25, 0.3) is 5.69 Å². The van der Waals surface area contributed by atoms with Gasteiger partial charge < -0.3 is 15.4 Å². The number of carbonyl (C=O) groups is 2. The van der Waals surface area contributed by atoms with Crippen LogP contribution in [0, 0.1) is 10.8 Å². The number of aromatic amines is 1. The fourth-order valence-electron chi connectivity index (χ4n) is 2.96. The van der Waals surface area contributed by atoms with Gasteiger partial charge in [0.15, 0.2) is 5.41 Å². The first-order valence-corrected chi connectivity index (χ1v) is 7.19. The van der Waals surface area contributed by atoms with Crippen LogP contribution in [0.3, 0.4) is 0 Å². The Balaban J connectivity index is 1.87. The van der Waals surface area contributed by atoms with Crippen molar-refractivity contribution in [2.75, 3.05) is 5.32 Å². The van der Waals surface area contributed by atoms with Crippen LogP contribution in [-0.2, 0) is 9.59 Å².